The molecule has 0 aromatic carbocycles. The molecule has 1 rings (SSSR count). The summed E-state index contributed by atoms with van der Waals surface area (Å²) in [5.74, 6) is 0.896. The molecule has 16 heavy (non-hydrogen) atoms. The predicted molar refractivity (Wildman–Crippen MR) is 64.8 cm³/mol. The molecule has 0 unspecified atom stereocenters. The SMILES string of the molecule is CC(C)CC(O)(CC(C)C)c1cncnc1. The maximum Gasteiger partial charge on any atom is 0.115 e. The fourth-order valence-electron chi connectivity index (χ4n) is 2.21. The third-order valence-electron chi connectivity index (χ3n) is 2.59. The first-order chi connectivity index (χ1) is 7.44. The van der Waals surface area contributed by atoms with Crippen LogP contribution in [0, 0.1) is 11.8 Å². The standard InChI is InChI=1S/C13H22N2O/c1-10(2)5-13(16,6-11(3)4)12-7-14-9-15-8-12/h7-11,16H,5-6H2,1-4H3. The molecule has 0 aliphatic heterocycles. The number of hydrogen-bond donors (Lipinski definition) is 1. The molecule has 0 saturated heterocycles. The summed E-state index contributed by atoms with van der Waals surface area (Å²) >= 11 is 0. The van der Waals surface area contributed by atoms with Crippen molar-refractivity contribution in [2.75, 3.05) is 0 Å². The maximum absolute atomic E-state index is 10.7. The molecule has 90 valence electrons. The quantitative estimate of drug-likeness (QED) is 0.833. The van der Waals surface area contributed by atoms with E-state index >= 15 is 0 Å². The summed E-state index contributed by atoms with van der Waals surface area (Å²) in [6.07, 6.45) is 6.43. The van der Waals surface area contributed by atoms with Crippen molar-refractivity contribution < 1.29 is 5.11 Å². The highest BCUT2D eigenvalue weighted by Gasteiger charge is 2.31. The lowest BCUT2D eigenvalue weighted by atomic mass is 9.81. The van der Waals surface area contributed by atoms with Crippen LogP contribution in [0.5, 0.6) is 0 Å². The number of hydrogen-bond acceptors (Lipinski definition) is 3. The van der Waals surface area contributed by atoms with E-state index in [1.165, 1.54) is 6.33 Å². The number of nitrogens with zero attached hydrogens (tertiary/aromatic N) is 2. The van der Waals surface area contributed by atoms with Crippen LogP contribution in [0.4, 0.5) is 0 Å². The van der Waals surface area contributed by atoms with Crippen LogP contribution >= 0.6 is 0 Å². The van der Waals surface area contributed by atoms with Gasteiger partial charge in [-0.3, -0.25) is 0 Å². The highest BCUT2D eigenvalue weighted by atomic mass is 16.3. The molecule has 1 heterocycles. The average molecular weight is 222 g/mol. The van der Waals surface area contributed by atoms with Gasteiger partial charge in [0.05, 0.1) is 5.60 Å². The fraction of sp³-hybridized carbons (Fsp3) is 0.692. The maximum atomic E-state index is 10.7. The summed E-state index contributed by atoms with van der Waals surface area (Å²) in [5.41, 5.74) is 0.0428. The first-order valence-electron chi connectivity index (χ1n) is 5.92. The van der Waals surface area contributed by atoms with Gasteiger partial charge >= 0.3 is 0 Å². The van der Waals surface area contributed by atoms with Gasteiger partial charge in [-0.15, -0.1) is 0 Å². The Bertz CT molecular complexity index is 299. The van der Waals surface area contributed by atoms with Gasteiger partial charge in [0.2, 0.25) is 0 Å². The molecule has 0 atom stereocenters. The Morgan fingerprint density at radius 1 is 1.06 bits per heavy atom. The molecule has 1 aromatic rings. The van der Waals surface area contributed by atoms with Crippen LogP contribution < -0.4 is 0 Å². The second-order valence-electron chi connectivity index (χ2n) is 5.35. The van der Waals surface area contributed by atoms with Gasteiger partial charge in [0.15, 0.2) is 0 Å². The smallest absolute Gasteiger partial charge is 0.115 e. The molecule has 1 aromatic heterocycles. The molecule has 0 saturated carbocycles. The minimum Gasteiger partial charge on any atom is -0.385 e. The molecular weight excluding hydrogens is 200 g/mol. The molecule has 1 N–H and O–H groups in total. The van der Waals surface area contributed by atoms with Crippen LogP contribution in [0.15, 0.2) is 18.7 Å². The number of aromatic nitrogens is 2. The minimum absolute atomic E-state index is 0.448. The fourth-order valence-corrected chi connectivity index (χ4v) is 2.21. The molecule has 3 nitrogen and oxygen atoms in total. The van der Waals surface area contributed by atoms with Crippen LogP contribution in [0.1, 0.15) is 46.1 Å². The topological polar surface area (TPSA) is 46.0 Å². The summed E-state index contributed by atoms with van der Waals surface area (Å²) in [6, 6.07) is 0. The lowest BCUT2D eigenvalue weighted by Gasteiger charge is -2.31. The summed E-state index contributed by atoms with van der Waals surface area (Å²) in [6.45, 7) is 8.48. The number of aliphatic hydroxyl groups is 1. The van der Waals surface area contributed by atoms with Crippen molar-refractivity contribution >= 4 is 0 Å². The van der Waals surface area contributed by atoms with Crippen molar-refractivity contribution in [2.24, 2.45) is 11.8 Å². The van der Waals surface area contributed by atoms with Crippen LogP contribution in [-0.2, 0) is 5.60 Å². The van der Waals surface area contributed by atoms with Gasteiger partial charge in [-0.25, -0.2) is 9.97 Å². The van der Waals surface area contributed by atoms with Crippen molar-refractivity contribution in [3.05, 3.63) is 24.3 Å². The van der Waals surface area contributed by atoms with E-state index in [0.717, 1.165) is 18.4 Å². The van der Waals surface area contributed by atoms with Crippen molar-refractivity contribution in [3.63, 3.8) is 0 Å². The first kappa shape index (κ1) is 13.1. The van der Waals surface area contributed by atoms with Gasteiger partial charge in [-0.1, -0.05) is 27.7 Å². The normalized spacial score (nSPS) is 12.4. The van der Waals surface area contributed by atoms with Crippen molar-refractivity contribution in [1.29, 1.82) is 0 Å². The van der Waals surface area contributed by atoms with Crippen molar-refractivity contribution in [1.82, 2.24) is 9.97 Å². The molecule has 0 radical (unpaired) electrons. The molecule has 0 bridgehead atoms. The van der Waals surface area contributed by atoms with Gasteiger partial charge in [0.25, 0.3) is 0 Å². The second kappa shape index (κ2) is 5.39. The van der Waals surface area contributed by atoms with Gasteiger partial charge in [-0.2, -0.15) is 0 Å². The average Bonchev–Trinajstić information content (AvgIpc) is 2.16. The van der Waals surface area contributed by atoms with Crippen molar-refractivity contribution in [3.8, 4) is 0 Å². The van der Waals surface area contributed by atoms with E-state index in [9.17, 15) is 5.11 Å². The summed E-state index contributed by atoms with van der Waals surface area (Å²) < 4.78 is 0. The Kier molecular flexibility index (Phi) is 4.42. The van der Waals surface area contributed by atoms with E-state index in [-0.39, 0.29) is 0 Å². The van der Waals surface area contributed by atoms with Gasteiger partial charge in [-0.05, 0) is 24.7 Å². The largest absolute Gasteiger partial charge is 0.385 e. The van der Waals surface area contributed by atoms with E-state index in [1.807, 2.05) is 0 Å². The Labute approximate surface area is 97.9 Å². The summed E-state index contributed by atoms with van der Waals surface area (Å²) in [5, 5.41) is 10.7. The van der Waals surface area contributed by atoms with Crippen LogP contribution in [0.2, 0.25) is 0 Å². The lowest BCUT2D eigenvalue weighted by Crippen LogP contribution is -2.29. The van der Waals surface area contributed by atoms with Crippen molar-refractivity contribution in [2.45, 2.75) is 46.1 Å². The zero-order chi connectivity index (χ0) is 12.2. The highest BCUT2D eigenvalue weighted by Crippen LogP contribution is 2.33. The monoisotopic (exact) mass is 222 g/mol. The predicted octanol–water partition coefficient (Wildman–Crippen LogP) is 2.76. The van der Waals surface area contributed by atoms with E-state index in [2.05, 4.69) is 37.7 Å². The molecule has 0 fully saturated rings. The zero-order valence-corrected chi connectivity index (χ0v) is 10.6. The summed E-state index contributed by atoms with van der Waals surface area (Å²) in [7, 11) is 0. The van der Waals surface area contributed by atoms with Gasteiger partial charge in [0.1, 0.15) is 6.33 Å². The molecular formula is C13H22N2O. The molecule has 0 amide bonds. The minimum atomic E-state index is -0.788. The van der Waals surface area contributed by atoms with Crippen LogP contribution in [0.25, 0.3) is 0 Å². The first-order valence-corrected chi connectivity index (χ1v) is 5.92. The van der Waals surface area contributed by atoms with Crippen LogP contribution in [-0.4, -0.2) is 15.1 Å². The van der Waals surface area contributed by atoms with E-state index < -0.39 is 5.60 Å². The third-order valence-corrected chi connectivity index (χ3v) is 2.59. The second-order valence-corrected chi connectivity index (χ2v) is 5.35. The van der Waals surface area contributed by atoms with Crippen LogP contribution in [0.3, 0.4) is 0 Å². The molecule has 3 heteroatoms. The van der Waals surface area contributed by atoms with Gasteiger partial charge in [0, 0.05) is 18.0 Å². The van der Waals surface area contributed by atoms with E-state index in [1.54, 1.807) is 12.4 Å². The molecule has 0 aliphatic carbocycles. The Balaban J connectivity index is 2.95. The van der Waals surface area contributed by atoms with Gasteiger partial charge < -0.3 is 5.11 Å². The van der Waals surface area contributed by atoms with E-state index in [4.69, 9.17) is 0 Å². The zero-order valence-electron chi connectivity index (χ0n) is 10.6. The Morgan fingerprint density at radius 3 is 1.88 bits per heavy atom. The van der Waals surface area contributed by atoms with E-state index in [0.29, 0.717) is 11.8 Å². The Hall–Kier alpha value is -0.960. The highest BCUT2D eigenvalue weighted by molar-refractivity contribution is 5.14. The Morgan fingerprint density at radius 2 is 1.50 bits per heavy atom. The molecule has 0 spiro atoms. The lowest BCUT2D eigenvalue weighted by molar-refractivity contribution is -0.00511. The number of rotatable bonds is 5. The third kappa shape index (κ3) is 3.56. The summed E-state index contributed by atoms with van der Waals surface area (Å²) in [4.78, 5) is 7.99. The molecule has 0 aliphatic rings.